The summed E-state index contributed by atoms with van der Waals surface area (Å²) in [6, 6.07) is 11.0. The SMILES string of the molecule is Cc1ncoc1COc1ccc2c(c1)CCN(C[C@@H](O)CCC(=O)c1cc(NC3CCC3)nc(N(C)C3CCC3)c1)C2. The maximum atomic E-state index is 13.3. The molecule has 0 bridgehead atoms. The van der Waals surface area contributed by atoms with Gasteiger partial charge in [-0.3, -0.25) is 9.69 Å². The van der Waals surface area contributed by atoms with Gasteiger partial charge in [-0.2, -0.15) is 0 Å². The van der Waals surface area contributed by atoms with Crippen molar-refractivity contribution >= 4 is 17.4 Å². The van der Waals surface area contributed by atoms with Crippen molar-refractivity contribution in [1.29, 1.82) is 0 Å². The summed E-state index contributed by atoms with van der Waals surface area (Å²) in [5.41, 5.74) is 4.05. The molecule has 3 aromatic rings. The highest BCUT2D eigenvalue weighted by atomic mass is 16.5. The number of aromatic nitrogens is 2. The second-order valence-electron chi connectivity index (χ2n) is 12.2. The van der Waals surface area contributed by atoms with Gasteiger partial charge < -0.3 is 24.5 Å². The lowest BCUT2D eigenvalue weighted by molar-refractivity contribution is 0.0836. The highest BCUT2D eigenvalue weighted by Crippen LogP contribution is 2.31. The van der Waals surface area contributed by atoms with Crippen molar-refractivity contribution in [2.45, 2.75) is 96.1 Å². The first-order valence-electron chi connectivity index (χ1n) is 15.5. The minimum absolute atomic E-state index is 0.0633. The molecule has 2 saturated carbocycles. The molecule has 9 heteroatoms. The average Bonchev–Trinajstić information content (AvgIpc) is 3.35. The Labute approximate surface area is 248 Å². The smallest absolute Gasteiger partial charge is 0.181 e. The molecular formula is C33H43N5O4. The van der Waals surface area contributed by atoms with Crippen molar-refractivity contribution < 1.29 is 19.1 Å². The van der Waals surface area contributed by atoms with E-state index < -0.39 is 6.10 Å². The molecule has 0 amide bonds. The number of nitrogens with one attached hydrogen (secondary N) is 1. The lowest BCUT2D eigenvalue weighted by atomic mass is 9.91. The fraction of sp³-hybridized carbons (Fsp3) is 0.545. The largest absolute Gasteiger partial charge is 0.486 e. The van der Waals surface area contributed by atoms with Crippen LogP contribution in [0.5, 0.6) is 5.75 Å². The van der Waals surface area contributed by atoms with E-state index >= 15 is 0 Å². The predicted octanol–water partition coefficient (Wildman–Crippen LogP) is 5.29. The highest BCUT2D eigenvalue weighted by molar-refractivity contribution is 5.97. The van der Waals surface area contributed by atoms with Crippen LogP contribution in [0.15, 0.2) is 41.1 Å². The van der Waals surface area contributed by atoms with Crippen LogP contribution in [0.3, 0.4) is 0 Å². The third-order valence-electron chi connectivity index (χ3n) is 9.23. The molecular weight excluding hydrogens is 530 g/mol. The molecule has 2 aromatic heterocycles. The molecule has 1 aromatic carbocycles. The maximum absolute atomic E-state index is 13.3. The fourth-order valence-electron chi connectivity index (χ4n) is 5.93. The van der Waals surface area contributed by atoms with E-state index in [1.54, 1.807) is 0 Å². The summed E-state index contributed by atoms with van der Waals surface area (Å²) in [5, 5.41) is 14.4. The molecule has 2 N–H and O–H groups in total. The van der Waals surface area contributed by atoms with Crippen molar-refractivity contribution in [3.63, 3.8) is 0 Å². The molecule has 2 fully saturated rings. The molecule has 1 aliphatic heterocycles. The number of benzene rings is 1. The van der Waals surface area contributed by atoms with Crippen LogP contribution in [-0.2, 0) is 19.6 Å². The summed E-state index contributed by atoms with van der Waals surface area (Å²) in [4.78, 5) is 26.8. The van der Waals surface area contributed by atoms with Crippen LogP contribution < -0.4 is 15.0 Å². The average molecular weight is 574 g/mol. The second-order valence-corrected chi connectivity index (χ2v) is 12.2. The number of aryl methyl sites for hydroxylation is 1. The van der Waals surface area contributed by atoms with Crippen LogP contribution >= 0.6 is 0 Å². The van der Waals surface area contributed by atoms with Gasteiger partial charge in [-0.25, -0.2) is 9.97 Å². The van der Waals surface area contributed by atoms with Gasteiger partial charge in [0.1, 0.15) is 24.0 Å². The lowest BCUT2D eigenvalue weighted by Gasteiger charge is -2.36. The Balaban J connectivity index is 1.01. The molecule has 6 rings (SSSR count). The third-order valence-corrected chi connectivity index (χ3v) is 9.23. The normalized spacial score (nSPS) is 18.1. The van der Waals surface area contributed by atoms with E-state index in [9.17, 15) is 9.90 Å². The van der Waals surface area contributed by atoms with Crippen LogP contribution in [0.4, 0.5) is 11.6 Å². The highest BCUT2D eigenvalue weighted by Gasteiger charge is 2.26. The summed E-state index contributed by atoms with van der Waals surface area (Å²) >= 11 is 0. The van der Waals surface area contributed by atoms with Crippen molar-refractivity contribution in [1.82, 2.24) is 14.9 Å². The number of oxazole rings is 1. The van der Waals surface area contributed by atoms with E-state index in [1.807, 2.05) is 25.1 Å². The summed E-state index contributed by atoms with van der Waals surface area (Å²) < 4.78 is 11.3. The van der Waals surface area contributed by atoms with Gasteiger partial charge in [-0.1, -0.05) is 6.07 Å². The maximum Gasteiger partial charge on any atom is 0.181 e. The van der Waals surface area contributed by atoms with Gasteiger partial charge in [0.2, 0.25) is 0 Å². The fourth-order valence-corrected chi connectivity index (χ4v) is 5.93. The van der Waals surface area contributed by atoms with Gasteiger partial charge in [0.15, 0.2) is 17.9 Å². The molecule has 1 atom stereocenters. The number of fused-ring (bicyclic) bond motifs is 1. The van der Waals surface area contributed by atoms with Crippen LogP contribution in [-0.4, -0.2) is 64.1 Å². The van der Waals surface area contributed by atoms with Crippen molar-refractivity contribution in [2.75, 3.05) is 30.4 Å². The quantitative estimate of drug-likeness (QED) is 0.264. The molecule has 0 saturated heterocycles. The standard InChI is InChI=1S/C33H43N5O4/c1-22-31(42-21-34-22)20-41-29-11-9-24-18-38(14-13-23(24)15-29)19-28(39)10-12-30(40)25-16-32(35-26-5-3-6-26)36-33(17-25)37(2)27-7-4-8-27/h9,11,15-17,21,26-28,39H,3-8,10,12-14,18-20H2,1-2H3,(H,35,36)/t28-/m0/s1. The van der Waals surface area contributed by atoms with Crippen molar-refractivity contribution in [3.8, 4) is 5.75 Å². The Morgan fingerprint density at radius 1 is 1.19 bits per heavy atom. The number of hydrogen-bond donors (Lipinski definition) is 2. The van der Waals surface area contributed by atoms with Gasteiger partial charge in [-0.15, -0.1) is 0 Å². The molecule has 0 unspecified atom stereocenters. The number of ketones is 1. The number of β-amino-alcohol motifs (C(OH)–C–C–N with tert-alkyl or cyclic N) is 1. The zero-order valence-electron chi connectivity index (χ0n) is 24.8. The van der Waals surface area contributed by atoms with E-state index in [1.165, 1.54) is 43.2 Å². The Kier molecular flexibility index (Phi) is 8.76. The Bertz CT molecular complexity index is 1380. The van der Waals surface area contributed by atoms with Crippen molar-refractivity contribution in [3.05, 3.63) is 64.9 Å². The molecule has 0 radical (unpaired) electrons. The number of rotatable bonds is 13. The van der Waals surface area contributed by atoms with Gasteiger partial charge in [-0.05, 0) is 93.7 Å². The van der Waals surface area contributed by atoms with E-state index in [0.29, 0.717) is 43.6 Å². The van der Waals surface area contributed by atoms with E-state index in [0.717, 1.165) is 61.2 Å². The molecule has 3 aliphatic rings. The topological polar surface area (TPSA) is 104 Å². The number of Topliss-reactive ketones (excluding diaryl/α,β-unsaturated/α-hetero) is 1. The first kappa shape index (κ1) is 28.7. The van der Waals surface area contributed by atoms with E-state index in [-0.39, 0.29) is 5.78 Å². The number of carbonyl (C=O) groups excluding carboxylic acids is 1. The zero-order chi connectivity index (χ0) is 29.1. The number of nitrogens with zero attached hydrogens (tertiary/aromatic N) is 4. The third kappa shape index (κ3) is 6.79. The van der Waals surface area contributed by atoms with Gasteiger partial charge in [0.25, 0.3) is 0 Å². The number of aliphatic hydroxyl groups is 1. The van der Waals surface area contributed by atoms with Crippen LogP contribution in [0.1, 0.15) is 84.3 Å². The van der Waals surface area contributed by atoms with Gasteiger partial charge in [0.05, 0.1) is 11.8 Å². The number of aliphatic hydroxyl groups excluding tert-OH is 1. The molecule has 3 heterocycles. The number of carbonyl (C=O) groups is 1. The van der Waals surface area contributed by atoms with Crippen molar-refractivity contribution in [2.24, 2.45) is 0 Å². The van der Waals surface area contributed by atoms with Crippen LogP contribution in [0.2, 0.25) is 0 Å². The van der Waals surface area contributed by atoms with E-state index in [4.69, 9.17) is 14.1 Å². The Morgan fingerprint density at radius 3 is 2.74 bits per heavy atom. The van der Waals surface area contributed by atoms with Gasteiger partial charge >= 0.3 is 0 Å². The summed E-state index contributed by atoms with van der Waals surface area (Å²) in [7, 11) is 2.08. The molecule has 9 nitrogen and oxygen atoms in total. The first-order valence-corrected chi connectivity index (χ1v) is 15.5. The van der Waals surface area contributed by atoms with Gasteiger partial charge in [0, 0.05) is 50.7 Å². The number of anilines is 2. The molecule has 2 aliphatic carbocycles. The Hall–Kier alpha value is -3.43. The monoisotopic (exact) mass is 573 g/mol. The Morgan fingerprint density at radius 2 is 2.02 bits per heavy atom. The summed E-state index contributed by atoms with van der Waals surface area (Å²) in [5.74, 6) is 3.28. The zero-order valence-corrected chi connectivity index (χ0v) is 24.8. The minimum Gasteiger partial charge on any atom is -0.486 e. The molecule has 42 heavy (non-hydrogen) atoms. The second kappa shape index (κ2) is 12.8. The predicted molar refractivity (Wildman–Crippen MR) is 162 cm³/mol. The summed E-state index contributed by atoms with van der Waals surface area (Å²) in [6.07, 6.45) is 9.67. The van der Waals surface area contributed by atoms with Crippen LogP contribution in [0, 0.1) is 6.92 Å². The number of hydrogen-bond acceptors (Lipinski definition) is 9. The molecule has 0 spiro atoms. The summed E-state index contributed by atoms with van der Waals surface area (Å²) in [6.45, 7) is 4.45. The first-order chi connectivity index (χ1) is 20.4. The van der Waals surface area contributed by atoms with Crippen LogP contribution in [0.25, 0.3) is 0 Å². The van der Waals surface area contributed by atoms with E-state index in [2.05, 4.69) is 39.3 Å². The molecule has 224 valence electrons. The number of pyridine rings is 1. The minimum atomic E-state index is -0.560. The number of ether oxygens (including phenoxy) is 1. The lowest BCUT2D eigenvalue weighted by Crippen LogP contribution is -2.38.